The smallest absolute Gasteiger partial charge is 0.0632 e. The molecule has 0 amide bonds. The van der Waals surface area contributed by atoms with E-state index in [4.69, 9.17) is 4.74 Å². The second-order valence-electron chi connectivity index (χ2n) is 6.71. The van der Waals surface area contributed by atoms with Crippen molar-refractivity contribution in [1.29, 1.82) is 0 Å². The average Bonchev–Trinajstić information content (AvgIpc) is 2.75. The van der Waals surface area contributed by atoms with Crippen LogP contribution >= 0.6 is 0 Å². The van der Waals surface area contributed by atoms with Crippen LogP contribution in [-0.4, -0.2) is 61.5 Å². The van der Waals surface area contributed by atoms with Crippen LogP contribution in [0.15, 0.2) is 0 Å². The number of hydrogen-bond acceptors (Lipinski definition) is 4. The lowest BCUT2D eigenvalue weighted by Gasteiger charge is -2.34. The molecule has 0 aliphatic carbocycles. The van der Waals surface area contributed by atoms with Crippen molar-refractivity contribution in [2.75, 3.05) is 45.9 Å². The number of rotatable bonds is 5. The second-order valence-corrected chi connectivity index (χ2v) is 6.71. The molecule has 0 bridgehead atoms. The van der Waals surface area contributed by atoms with Gasteiger partial charge in [-0.05, 0) is 45.7 Å². The number of ether oxygens (including phenoxy) is 1. The zero-order valence-corrected chi connectivity index (χ0v) is 12.6. The lowest BCUT2D eigenvalue weighted by molar-refractivity contribution is 0.0420. The molecule has 2 rings (SSSR count). The van der Waals surface area contributed by atoms with E-state index in [1.54, 1.807) is 0 Å². The molecule has 2 fully saturated rings. The SMILES string of the molecule is CCNCC1(CN2CCCC(C)(O)CC2)CCOC1. The van der Waals surface area contributed by atoms with E-state index < -0.39 is 5.60 Å². The van der Waals surface area contributed by atoms with Crippen LogP contribution < -0.4 is 5.32 Å². The molecule has 2 aliphatic rings. The maximum absolute atomic E-state index is 10.2. The monoisotopic (exact) mass is 270 g/mol. The Hall–Kier alpha value is -0.160. The van der Waals surface area contributed by atoms with Gasteiger partial charge in [-0.3, -0.25) is 0 Å². The minimum atomic E-state index is -0.463. The molecule has 2 unspecified atom stereocenters. The van der Waals surface area contributed by atoms with Gasteiger partial charge in [0.15, 0.2) is 0 Å². The van der Waals surface area contributed by atoms with Crippen LogP contribution in [0.3, 0.4) is 0 Å². The van der Waals surface area contributed by atoms with E-state index in [1.807, 2.05) is 6.92 Å². The van der Waals surface area contributed by atoms with Crippen LogP contribution in [-0.2, 0) is 4.74 Å². The van der Waals surface area contributed by atoms with Crippen LogP contribution in [0.1, 0.15) is 39.5 Å². The third-order valence-corrected chi connectivity index (χ3v) is 4.65. The van der Waals surface area contributed by atoms with Gasteiger partial charge >= 0.3 is 0 Å². The summed E-state index contributed by atoms with van der Waals surface area (Å²) >= 11 is 0. The van der Waals surface area contributed by atoms with Crippen molar-refractivity contribution in [2.24, 2.45) is 5.41 Å². The molecule has 2 heterocycles. The largest absolute Gasteiger partial charge is 0.390 e. The van der Waals surface area contributed by atoms with Gasteiger partial charge in [0.1, 0.15) is 0 Å². The summed E-state index contributed by atoms with van der Waals surface area (Å²) in [5.74, 6) is 0. The minimum Gasteiger partial charge on any atom is -0.390 e. The second kappa shape index (κ2) is 6.53. The van der Waals surface area contributed by atoms with Crippen molar-refractivity contribution in [3.8, 4) is 0 Å². The van der Waals surface area contributed by atoms with Gasteiger partial charge in [-0.25, -0.2) is 0 Å². The fourth-order valence-electron chi connectivity index (χ4n) is 3.31. The number of aliphatic hydroxyl groups is 1. The van der Waals surface area contributed by atoms with Crippen molar-refractivity contribution in [1.82, 2.24) is 10.2 Å². The number of nitrogens with one attached hydrogen (secondary N) is 1. The molecule has 112 valence electrons. The highest BCUT2D eigenvalue weighted by Gasteiger charge is 2.37. The highest BCUT2D eigenvalue weighted by atomic mass is 16.5. The van der Waals surface area contributed by atoms with Crippen molar-refractivity contribution >= 4 is 0 Å². The van der Waals surface area contributed by atoms with E-state index in [0.29, 0.717) is 0 Å². The Balaban J connectivity index is 1.90. The first kappa shape index (κ1) is 15.2. The Bertz CT molecular complexity index is 275. The Morgan fingerprint density at radius 3 is 2.79 bits per heavy atom. The summed E-state index contributed by atoms with van der Waals surface area (Å²) in [6.45, 7) is 11.2. The fraction of sp³-hybridized carbons (Fsp3) is 1.00. The minimum absolute atomic E-state index is 0.284. The fourth-order valence-corrected chi connectivity index (χ4v) is 3.31. The maximum atomic E-state index is 10.2. The van der Waals surface area contributed by atoms with Crippen molar-refractivity contribution < 1.29 is 9.84 Å². The lowest BCUT2D eigenvalue weighted by Crippen LogP contribution is -2.45. The first-order valence-electron chi connectivity index (χ1n) is 7.79. The molecule has 0 radical (unpaired) electrons. The van der Waals surface area contributed by atoms with E-state index in [-0.39, 0.29) is 5.41 Å². The molecule has 2 N–H and O–H groups in total. The van der Waals surface area contributed by atoms with Crippen molar-refractivity contribution in [2.45, 2.75) is 45.1 Å². The van der Waals surface area contributed by atoms with Gasteiger partial charge in [-0.2, -0.15) is 0 Å². The van der Waals surface area contributed by atoms with Gasteiger partial charge in [0.05, 0.1) is 12.2 Å². The van der Waals surface area contributed by atoms with Gasteiger partial charge in [-0.15, -0.1) is 0 Å². The summed E-state index contributed by atoms with van der Waals surface area (Å²) < 4.78 is 5.66. The molecule has 0 aromatic heterocycles. The zero-order chi connectivity index (χ0) is 13.8. The standard InChI is InChI=1S/C15H30N2O2/c1-3-16-11-15(7-10-19-13-15)12-17-8-4-5-14(2,18)6-9-17/h16,18H,3-13H2,1-2H3. The van der Waals surface area contributed by atoms with E-state index in [9.17, 15) is 5.11 Å². The molecule has 4 nitrogen and oxygen atoms in total. The summed E-state index contributed by atoms with van der Waals surface area (Å²) in [6, 6.07) is 0. The van der Waals surface area contributed by atoms with Crippen molar-refractivity contribution in [3.05, 3.63) is 0 Å². The third-order valence-electron chi connectivity index (χ3n) is 4.65. The topological polar surface area (TPSA) is 44.7 Å². The number of hydrogen-bond donors (Lipinski definition) is 2. The van der Waals surface area contributed by atoms with Crippen LogP contribution in [0.4, 0.5) is 0 Å². The Morgan fingerprint density at radius 2 is 2.11 bits per heavy atom. The van der Waals surface area contributed by atoms with Gasteiger partial charge < -0.3 is 20.1 Å². The molecule has 0 aromatic carbocycles. The molecule has 4 heteroatoms. The Morgan fingerprint density at radius 1 is 1.26 bits per heavy atom. The summed E-state index contributed by atoms with van der Waals surface area (Å²) in [4.78, 5) is 2.54. The Labute approximate surface area is 117 Å². The lowest BCUT2D eigenvalue weighted by atomic mass is 9.86. The molecule has 0 aromatic rings. The van der Waals surface area contributed by atoms with E-state index in [2.05, 4.69) is 17.1 Å². The van der Waals surface area contributed by atoms with Crippen LogP contribution in [0, 0.1) is 5.41 Å². The van der Waals surface area contributed by atoms with Crippen LogP contribution in [0.25, 0.3) is 0 Å². The predicted molar refractivity (Wildman–Crippen MR) is 77.3 cm³/mol. The quantitative estimate of drug-likeness (QED) is 0.789. The Kier molecular flexibility index (Phi) is 5.23. The normalized spacial score (nSPS) is 37.4. The summed E-state index contributed by atoms with van der Waals surface area (Å²) in [6.07, 6.45) is 4.09. The highest BCUT2D eigenvalue weighted by Crippen LogP contribution is 2.31. The summed E-state index contributed by atoms with van der Waals surface area (Å²) in [7, 11) is 0. The molecule has 2 aliphatic heterocycles. The van der Waals surface area contributed by atoms with Crippen molar-refractivity contribution in [3.63, 3.8) is 0 Å². The predicted octanol–water partition coefficient (Wildman–Crippen LogP) is 1.24. The first-order valence-corrected chi connectivity index (χ1v) is 7.79. The maximum Gasteiger partial charge on any atom is 0.0632 e. The average molecular weight is 270 g/mol. The number of nitrogens with zero attached hydrogens (tertiary/aromatic N) is 1. The van der Waals surface area contributed by atoms with Crippen LogP contribution in [0.5, 0.6) is 0 Å². The van der Waals surface area contributed by atoms with E-state index in [0.717, 1.165) is 71.6 Å². The molecular weight excluding hydrogens is 240 g/mol. The molecular formula is C15H30N2O2. The molecule has 0 saturated carbocycles. The molecule has 0 spiro atoms. The first-order chi connectivity index (χ1) is 9.05. The summed E-state index contributed by atoms with van der Waals surface area (Å²) in [5.41, 5.74) is -0.179. The highest BCUT2D eigenvalue weighted by molar-refractivity contribution is 4.90. The van der Waals surface area contributed by atoms with E-state index >= 15 is 0 Å². The van der Waals surface area contributed by atoms with Gasteiger partial charge in [-0.1, -0.05) is 6.92 Å². The number of likely N-dealkylation sites (tertiary alicyclic amines) is 1. The molecule has 2 atom stereocenters. The van der Waals surface area contributed by atoms with Gasteiger partial charge in [0.25, 0.3) is 0 Å². The van der Waals surface area contributed by atoms with E-state index in [1.165, 1.54) is 0 Å². The molecule has 19 heavy (non-hydrogen) atoms. The summed E-state index contributed by atoms with van der Waals surface area (Å²) in [5, 5.41) is 13.7. The van der Waals surface area contributed by atoms with Gasteiger partial charge in [0.2, 0.25) is 0 Å². The zero-order valence-electron chi connectivity index (χ0n) is 12.6. The molecule has 2 saturated heterocycles. The third kappa shape index (κ3) is 4.42. The van der Waals surface area contributed by atoms with Gasteiger partial charge in [0, 0.05) is 31.7 Å². The van der Waals surface area contributed by atoms with Crippen LogP contribution in [0.2, 0.25) is 0 Å².